The molecule has 3 heteroatoms. The molecule has 2 nitrogen and oxygen atoms in total. The second kappa shape index (κ2) is 5.64. The first-order valence-electron chi connectivity index (χ1n) is 5.19. The Labute approximate surface area is 100 Å². The minimum absolute atomic E-state index is 0.772. The van der Waals surface area contributed by atoms with Crippen molar-refractivity contribution in [2.45, 2.75) is 13.1 Å². The predicted molar refractivity (Wildman–Crippen MR) is 66.2 cm³/mol. The lowest BCUT2D eigenvalue weighted by Gasteiger charge is -2.06. The highest BCUT2D eigenvalue weighted by Gasteiger charge is 1.98. The van der Waals surface area contributed by atoms with Crippen molar-refractivity contribution in [1.82, 2.24) is 10.3 Å². The first-order chi connectivity index (χ1) is 7.86. The highest BCUT2D eigenvalue weighted by Crippen LogP contribution is 2.14. The fraction of sp³-hybridized carbons (Fsp3) is 0.154. The third kappa shape index (κ3) is 3.05. The van der Waals surface area contributed by atoms with Gasteiger partial charge in [0.25, 0.3) is 0 Å². The Hall–Kier alpha value is -1.38. The maximum absolute atomic E-state index is 6.05. The van der Waals surface area contributed by atoms with Crippen molar-refractivity contribution in [1.29, 1.82) is 0 Å². The van der Waals surface area contributed by atoms with Gasteiger partial charge >= 0.3 is 0 Å². The van der Waals surface area contributed by atoms with Gasteiger partial charge in [0.05, 0.1) is 0 Å². The normalized spacial score (nSPS) is 10.3. The molecule has 1 aromatic heterocycles. The molecule has 0 spiro atoms. The lowest BCUT2D eigenvalue weighted by Crippen LogP contribution is -2.12. The van der Waals surface area contributed by atoms with Gasteiger partial charge in [0.2, 0.25) is 0 Å². The minimum atomic E-state index is 0.772. The van der Waals surface area contributed by atoms with Gasteiger partial charge in [-0.1, -0.05) is 35.9 Å². The van der Waals surface area contributed by atoms with E-state index >= 15 is 0 Å². The van der Waals surface area contributed by atoms with E-state index in [1.165, 1.54) is 5.56 Å². The van der Waals surface area contributed by atoms with Crippen LogP contribution in [0.15, 0.2) is 48.8 Å². The molecule has 0 fully saturated rings. The summed E-state index contributed by atoms with van der Waals surface area (Å²) in [6, 6.07) is 11.8. The first-order valence-corrected chi connectivity index (χ1v) is 5.57. The Morgan fingerprint density at radius 2 is 1.94 bits per heavy atom. The monoisotopic (exact) mass is 232 g/mol. The molecule has 1 aromatic carbocycles. The summed E-state index contributed by atoms with van der Waals surface area (Å²) in [5.74, 6) is 0. The lowest BCUT2D eigenvalue weighted by atomic mass is 10.2. The molecule has 0 aliphatic heterocycles. The molecular weight excluding hydrogens is 220 g/mol. The molecule has 0 atom stereocenters. The average Bonchev–Trinajstić information content (AvgIpc) is 2.33. The summed E-state index contributed by atoms with van der Waals surface area (Å²) in [7, 11) is 0. The molecular formula is C13H13ClN2. The third-order valence-electron chi connectivity index (χ3n) is 2.33. The maximum atomic E-state index is 6.05. The fourth-order valence-electron chi connectivity index (χ4n) is 1.49. The number of nitrogens with one attached hydrogen (secondary N) is 1. The molecule has 0 amide bonds. The minimum Gasteiger partial charge on any atom is -0.309 e. The van der Waals surface area contributed by atoms with Gasteiger partial charge in [-0.2, -0.15) is 0 Å². The quantitative estimate of drug-likeness (QED) is 0.877. The molecule has 0 radical (unpaired) electrons. The Bertz CT molecular complexity index is 443. The van der Waals surface area contributed by atoms with Crippen LogP contribution in [0.25, 0.3) is 0 Å². The van der Waals surface area contributed by atoms with Crippen LogP contribution in [0, 0.1) is 0 Å². The zero-order valence-electron chi connectivity index (χ0n) is 8.86. The van der Waals surface area contributed by atoms with Gasteiger partial charge in [0.1, 0.15) is 0 Å². The van der Waals surface area contributed by atoms with E-state index in [4.69, 9.17) is 11.6 Å². The second-order valence-electron chi connectivity index (χ2n) is 3.56. The van der Waals surface area contributed by atoms with Crippen molar-refractivity contribution in [3.63, 3.8) is 0 Å². The van der Waals surface area contributed by atoms with Gasteiger partial charge in [-0.05, 0) is 23.3 Å². The van der Waals surface area contributed by atoms with Crippen molar-refractivity contribution in [2.24, 2.45) is 0 Å². The summed E-state index contributed by atoms with van der Waals surface area (Å²) in [5.41, 5.74) is 2.29. The van der Waals surface area contributed by atoms with Gasteiger partial charge in [-0.3, -0.25) is 4.98 Å². The summed E-state index contributed by atoms with van der Waals surface area (Å²) in [6.45, 7) is 1.58. The zero-order valence-corrected chi connectivity index (χ0v) is 9.61. The Morgan fingerprint density at radius 1 is 1.06 bits per heavy atom. The molecule has 0 aliphatic carbocycles. The van der Waals surface area contributed by atoms with E-state index in [1.54, 1.807) is 6.20 Å². The SMILES string of the molecule is Clc1ccccc1CNCc1cccnc1. The zero-order chi connectivity index (χ0) is 11.2. The molecule has 1 N–H and O–H groups in total. The molecule has 2 aromatic rings. The Balaban J connectivity index is 1.87. The van der Waals surface area contributed by atoms with E-state index in [0.717, 1.165) is 23.7 Å². The molecule has 2 rings (SSSR count). The molecule has 16 heavy (non-hydrogen) atoms. The maximum Gasteiger partial charge on any atom is 0.0450 e. The highest BCUT2D eigenvalue weighted by molar-refractivity contribution is 6.31. The topological polar surface area (TPSA) is 24.9 Å². The average molecular weight is 233 g/mol. The van der Waals surface area contributed by atoms with Crippen LogP contribution in [0.4, 0.5) is 0 Å². The first kappa shape index (κ1) is 11.1. The standard InChI is InChI=1S/C13H13ClN2/c14-13-6-2-1-5-12(13)10-16-9-11-4-3-7-15-8-11/h1-8,16H,9-10H2. The van der Waals surface area contributed by atoms with E-state index in [-0.39, 0.29) is 0 Å². The molecule has 0 unspecified atom stereocenters. The molecule has 0 saturated carbocycles. The van der Waals surface area contributed by atoms with Gasteiger partial charge < -0.3 is 5.32 Å². The number of halogens is 1. The number of pyridine rings is 1. The molecule has 0 saturated heterocycles. The number of hydrogen-bond donors (Lipinski definition) is 1. The van der Waals surface area contributed by atoms with Crippen LogP contribution in [-0.4, -0.2) is 4.98 Å². The predicted octanol–water partition coefficient (Wildman–Crippen LogP) is 3.02. The summed E-state index contributed by atoms with van der Waals surface area (Å²) >= 11 is 6.05. The van der Waals surface area contributed by atoms with Crippen molar-refractivity contribution in [2.75, 3.05) is 0 Å². The van der Waals surface area contributed by atoms with Crippen molar-refractivity contribution in [3.05, 3.63) is 64.9 Å². The van der Waals surface area contributed by atoms with Crippen molar-refractivity contribution < 1.29 is 0 Å². The van der Waals surface area contributed by atoms with Crippen LogP contribution >= 0.6 is 11.6 Å². The highest BCUT2D eigenvalue weighted by atomic mass is 35.5. The van der Waals surface area contributed by atoms with E-state index < -0.39 is 0 Å². The van der Waals surface area contributed by atoms with Crippen LogP contribution in [0.2, 0.25) is 5.02 Å². The molecule has 82 valence electrons. The molecule has 0 bridgehead atoms. The number of hydrogen-bond acceptors (Lipinski definition) is 2. The van der Waals surface area contributed by atoms with Gasteiger partial charge in [0.15, 0.2) is 0 Å². The van der Waals surface area contributed by atoms with Crippen LogP contribution in [-0.2, 0) is 13.1 Å². The summed E-state index contributed by atoms with van der Waals surface area (Å²) in [6.07, 6.45) is 3.64. The van der Waals surface area contributed by atoms with E-state index in [0.29, 0.717) is 0 Å². The third-order valence-corrected chi connectivity index (χ3v) is 2.69. The van der Waals surface area contributed by atoms with Crippen molar-refractivity contribution >= 4 is 11.6 Å². The smallest absolute Gasteiger partial charge is 0.0450 e. The second-order valence-corrected chi connectivity index (χ2v) is 3.96. The van der Waals surface area contributed by atoms with Crippen molar-refractivity contribution in [3.8, 4) is 0 Å². The molecule has 1 heterocycles. The Morgan fingerprint density at radius 3 is 2.69 bits per heavy atom. The number of aromatic nitrogens is 1. The number of rotatable bonds is 4. The summed E-state index contributed by atoms with van der Waals surface area (Å²) in [5, 5.41) is 4.14. The lowest BCUT2D eigenvalue weighted by molar-refractivity contribution is 0.691. The van der Waals surface area contributed by atoms with Crippen LogP contribution in [0.5, 0.6) is 0 Å². The van der Waals surface area contributed by atoms with Crippen LogP contribution < -0.4 is 5.32 Å². The number of nitrogens with zero attached hydrogens (tertiary/aromatic N) is 1. The van der Waals surface area contributed by atoms with Gasteiger partial charge in [-0.25, -0.2) is 0 Å². The fourth-order valence-corrected chi connectivity index (χ4v) is 1.69. The Kier molecular flexibility index (Phi) is 3.91. The van der Waals surface area contributed by atoms with Crippen LogP contribution in [0.3, 0.4) is 0 Å². The van der Waals surface area contributed by atoms with E-state index in [1.807, 2.05) is 42.6 Å². The van der Waals surface area contributed by atoms with Gasteiger partial charge in [0, 0.05) is 30.5 Å². The largest absolute Gasteiger partial charge is 0.309 e. The van der Waals surface area contributed by atoms with E-state index in [9.17, 15) is 0 Å². The number of benzene rings is 1. The van der Waals surface area contributed by atoms with Gasteiger partial charge in [-0.15, -0.1) is 0 Å². The van der Waals surface area contributed by atoms with E-state index in [2.05, 4.69) is 10.3 Å². The summed E-state index contributed by atoms with van der Waals surface area (Å²) in [4.78, 5) is 4.06. The summed E-state index contributed by atoms with van der Waals surface area (Å²) < 4.78 is 0. The molecule has 0 aliphatic rings. The van der Waals surface area contributed by atoms with Crippen LogP contribution in [0.1, 0.15) is 11.1 Å².